The van der Waals surface area contributed by atoms with E-state index in [1.54, 1.807) is 18.2 Å². The highest BCUT2D eigenvalue weighted by atomic mass is 19.3. The van der Waals surface area contributed by atoms with Crippen LogP contribution in [-0.4, -0.2) is 11.2 Å². The molecule has 3 atom stereocenters. The Hall–Kier alpha value is -0.960. The van der Waals surface area contributed by atoms with Crippen molar-refractivity contribution < 1.29 is 13.9 Å². The van der Waals surface area contributed by atoms with Crippen LogP contribution in [0.2, 0.25) is 0 Å². The van der Waals surface area contributed by atoms with Gasteiger partial charge in [0, 0.05) is 12.0 Å². The molecule has 0 bridgehead atoms. The standard InChI is InChI=1S/C17H24F2O/c1-12(2)13-8-9-16(20)14(10-13)11-17(18,19)15-6-4-3-5-7-15/h3-7,12-14,16,20H,8-11H2,1-2H3. The Kier molecular flexibility index (Phi) is 4.79. The molecule has 0 heterocycles. The summed E-state index contributed by atoms with van der Waals surface area (Å²) in [6.07, 6.45) is 1.48. The van der Waals surface area contributed by atoms with Gasteiger partial charge in [-0.05, 0) is 37.0 Å². The average molecular weight is 282 g/mol. The first-order valence-electron chi connectivity index (χ1n) is 7.51. The van der Waals surface area contributed by atoms with Gasteiger partial charge in [0.2, 0.25) is 0 Å². The Morgan fingerprint density at radius 1 is 1.20 bits per heavy atom. The van der Waals surface area contributed by atoms with Crippen LogP contribution in [0.4, 0.5) is 8.78 Å². The minimum atomic E-state index is -2.86. The summed E-state index contributed by atoms with van der Waals surface area (Å²) in [4.78, 5) is 0. The van der Waals surface area contributed by atoms with Gasteiger partial charge >= 0.3 is 0 Å². The molecule has 20 heavy (non-hydrogen) atoms. The second-order valence-electron chi connectivity index (χ2n) is 6.42. The summed E-state index contributed by atoms with van der Waals surface area (Å²) in [5, 5.41) is 10.0. The van der Waals surface area contributed by atoms with Gasteiger partial charge in [0.1, 0.15) is 0 Å². The topological polar surface area (TPSA) is 20.2 Å². The molecule has 112 valence electrons. The minimum Gasteiger partial charge on any atom is -0.393 e. The van der Waals surface area contributed by atoms with Gasteiger partial charge in [0.05, 0.1) is 6.10 Å². The Morgan fingerprint density at radius 3 is 2.45 bits per heavy atom. The molecular formula is C17H24F2O. The van der Waals surface area contributed by atoms with Crippen LogP contribution < -0.4 is 0 Å². The summed E-state index contributed by atoms with van der Waals surface area (Å²) in [6.45, 7) is 4.27. The van der Waals surface area contributed by atoms with E-state index in [1.807, 2.05) is 0 Å². The number of aliphatic hydroxyl groups is 1. The van der Waals surface area contributed by atoms with Gasteiger partial charge in [-0.25, -0.2) is 8.78 Å². The molecule has 2 rings (SSSR count). The number of rotatable bonds is 4. The van der Waals surface area contributed by atoms with Crippen LogP contribution in [0, 0.1) is 17.8 Å². The average Bonchev–Trinajstić information content (AvgIpc) is 2.42. The van der Waals surface area contributed by atoms with Gasteiger partial charge in [0.25, 0.3) is 5.92 Å². The monoisotopic (exact) mass is 282 g/mol. The highest BCUT2D eigenvalue weighted by Gasteiger charge is 2.40. The molecule has 1 fully saturated rings. The molecule has 3 unspecified atom stereocenters. The van der Waals surface area contributed by atoms with E-state index in [0.29, 0.717) is 24.7 Å². The summed E-state index contributed by atoms with van der Waals surface area (Å²) in [6, 6.07) is 7.95. The number of hydrogen-bond donors (Lipinski definition) is 1. The van der Waals surface area contributed by atoms with Crippen LogP contribution in [0.15, 0.2) is 30.3 Å². The highest BCUT2D eigenvalue weighted by Crippen LogP contribution is 2.42. The molecule has 0 saturated heterocycles. The largest absolute Gasteiger partial charge is 0.393 e. The number of alkyl halides is 2. The third kappa shape index (κ3) is 3.57. The van der Waals surface area contributed by atoms with Crippen LogP contribution in [-0.2, 0) is 5.92 Å². The summed E-state index contributed by atoms with van der Waals surface area (Å²) >= 11 is 0. The van der Waals surface area contributed by atoms with Gasteiger partial charge in [-0.3, -0.25) is 0 Å². The van der Waals surface area contributed by atoms with Gasteiger partial charge in [-0.1, -0.05) is 44.2 Å². The fourth-order valence-corrected chi connectivity index (χ4v) is 3.24. The van der Waals surface area contributed by atoms with Crippen LogP contribution in [0.3, 0.4) is 0 Å². The number of benzene rings is 1. The highest BCUT2D eigenvalue weighted by molar-refractivity contribution is 5.20. The fraction of sp³-hybridized carbons (Fsp3) is 0.647. The molecule has 1 aliphatic rings. The van der Waals surface area contributed by atoms with Crippen molar-refractivity contribution in [2.45, 2.75) is 51.6 Å². The van der Waals surface area contributed by atoms with Crippen molar-refractivity contribution in [3.05, 3.63) is 35.9 Å². The third-order valence-corrected chi connectivity index (χ3v) is 4.64. The SMILES string of the molecule is CC(C)C1CCC(O)C(CC(F)(F)c2ccccc2)C1. The Morgan fingerprint density at radius 2 is 1.85 bits per heavy atom. The maximum Gasteiger partial charge on any atom is 0.273 e. The normalized spacial score (nSPS) is 27.8. The van der Waals surface area contributed by atoms with Crippen molar-refractivity contribution in [1.82, 2.24) is 0 Å². The predicted octanol–water partition coefficient (Wildman–Crippen LogP) is 4.60. The second kappa shape index (κ2) is 6.21. The van der Waals surface area contributed by atoms with E-state index in [1.165, 1.54) is 12.1 Å². The number of hydrogen-bond acceptors (Lipinski definition) is 1. The van der Waals surface area contributed by atoms with Crippen LogP contribution in [0.25, 0.3) is 0 Å². The molecule has 1 aromatic carbocycles. The van der Waals surface area contributed by atoms with Crippen molar-refractivity contribution in [2.24, 2.45) is 17.8 Å². The molecule has 0 aliphatic heterocycles. The zero-order valence-electron chi connectivity index (χ0n) is 12.2. The second-order valence-corrected chi connectivity index (χ2v) is 6.42. The molecule has 3 heteroatoms. The van der Waals surface area contributed by atoms with E-state index in [2.05, 4.69) is 13.8 Å². The Balaban J connectivity index is 2.07. The smallest absolute Gasteiger partial charge is 0.273 e. The number of aliphatic hydroxyl groups excluding tert-OH is 1. The maximum atomic E-state index is 14.3. The van der Waals surface area contributed by atoms with Gasteiger partial charge in [-0.15, -0.1) is 0 Å². The number of halogens is 2. The van der Waals surface area contributed by atoms with Gasteiger partial charge in [0.15, 0.2) is 0 Å². The quantitative estimate of drug-likeness (QED) is 0.855. The first-order valence-corrected chi connectivity index (χ1v) is 7.51. The zero-order valence-corrected chi connectivity index (χ0v) is 12.2. The third-order valence-electron chi connectivity index (χ3n) is 4.64. The Labute approximate surface area is 120 Å². The van der Waals surface area contributed by atoms with Crippen molar-refractivity contribution in [3.63, 3.8) is 0 Å². The lowest BCUT2D eigenvalue weighted by molar-refractivity contribution is -0.0673. The van der Waals surface area contributed by atoms with Gasteiger partial charge in [-0.2, -0.15) is 0 Å². The van der Waals surface area contributed by atoms with E-state index in [9.17, 15) is 13.9 Å². The van der Waals surface area contributed by atoms with Crippen LogP contribution in [0.1, 0.15) is 45.1 Å². The zero-order chi connectivity index (χ0) is 14.8. The molecule has 0 aromatic heterocycles. The first kappa shape index (κ1) is 15.4. The molecule has 1 nitrogen and oxygen atoms in total. The van der Waals surface area contributed by atoms with Crippen molar-refractivity contribution >= 4 is 0 Å². The maximum absolute atomic E-state index is 14.3. The van der Waals surface area contributed by atoms with Crippen LogP contribution in [0.5, 0.6) is 0 Å². The molecule has 1 N–H and O–H groups in total. The van der Waals surface area contributed by atoms with Crippen molar-refractivity contribution in [1.29, 1.82) is 0 Å². The van der Waals surface area contributed by atoms with E-state index < -0.39 is 12.0 Å². The predicted molar refractivity (Wildman–Crippen MR) is 76.6 cm³/mol. The molecule has 0 spiro atoms. The lowest BCUT2D eigenvalue weighted by Gasteiger charge is -2.37. The molecule has 1 aromatic rings. The molecule has 0 amide bonds. The molecular weight excluding hydrogens is 258 g/mol. The first-order chi connectivity index (χ1) is 9.40. The van der Waals surface area contributed by atoms with Crippen LogP contribution >= 0.6 is 0 Å². The summed E-state index contributed by atoms with van der Waals surface area (Å²) in [7, 11) is 0. The lowest BCUT2D eigenvalue weighted by Crippen LogP contribution is -2.34. The molecule has 1 aliphatic carbocycles. The minimum absolute atomic E-state index is 0.0545. The summed E-state index contributed by atoms with van der Waals surface area (Å²) < 4.78 is 28.7. The lowest BCUT2D eigenvalue weighted by atomic mass is 9.72. The molecule has 0 radical (unpaired) electrons. The van der Waals surface area contributed by atoms with E-state index >= 15 is 0 Å². The van der Waals surface area contributed by atoms with Crippen molar-refractivity contribution in [3.8, 4) is 0 Å². The summed E-state index contributed by atoms with van der Waals surface area (Å²) in [5.41, 5.74) is 0.0545. The van der Waals surface area contributed by atoms with Crippen molar-refractivity contribution in [2.75, 3.05) is 0 Å². The fourth-order valence-electron chi connectivity index (χ4n) is 3.24. The van der Waals surface area contributed by atoms with Gasteiger partial charge < -0.3 is 5.11 Å². The van der Waals surface area contributed by atoms with E-state index in [0.717, 1.165) is 6.42 Å². The van der Waals surface area contributed by atoms with E-state index in [4.69, 9.17) is 0 Å². The van der Waals surface area contributed by atoms with E-state index in [-0.39, 0.29) is 17.9 Å². The Bertz CT molecular complexity index is 416. The molecule has 1 saturated carbocycles. The summed E-state index contributed by atoms with van der Waals surface area (Å²) in [5.74, 6) is -2.21.